The minimum Gasteiger partial charge on any atom is -0.494 e. The second kappa shape index (κ2) is 15.4. The number of alkyl halides is 3. The normalized spacial score (nSPS) is 21.2. The number of fused-ring (bicyclic) bond motifs is 2. The molecule has 13 nitrogen and oxygen atoms in total. The third-order valence-corrected chi connectivity index (χ3v) is 12.0. The van der Waals surface area contributed by atoms with Crippen molar-refractivity contribution in [2.75, 3.05) is 32.1 Å². The number of imidazole rings is 1. The molecular weight excluding hydrogens is 741 g/mol. The van der Waals surface area contributed by atoms with Crippen molar-refractivity contribution in [1.29, 1.82) is 0 Å². The third kappa shape index (κ3) is 7.78. The monoisotopic (exact) mass is 786 g/mol. The molecule has 2 saturated heterocycles. The molecule has 1 unspecified atom stereocenters. The predicted octanol–water partition coefficient (Wildman–Crippen LogP) is 6.03. The Balaban J connectivity index is 0.851. The Bertz CT molecular complexity index is 2400. The summed E-state index contributed by atoms with van der Waals surface area (Å²) >= 11 is 0. The van der Waals surface area contributed by atoms with Crippen LogP contribution in [0, 0.1) is 11.8 Å². The van der Waals surface area contributed by atoms with Crippen LogP contribution in [0.5, 0.6) is 5.75 Å². The molecule has 57 heavy (non-hydrogen) atoms. The zero-order valence-electron chi connectivity index (χ0n) is 31.8. The van der Waals surface area contributed by atoms with E-state index in [1.165, 1.54) is 13.2 Å². The molecule has 16 heteroatoms. The molecule has 5 aromatic rings. The van der Waals surface area contributed by atoms with Crippen LogP contribution < -0.4 is 21.1 Å². The Morgan fingerprint density at radius 3 is 2.44 bits per heavy atom. The smallest absolute Gasteiger partial charge is 0.433 e. The number of hydrogen-bond acceptors (Lipinski definition) is 8. The van der Waals surface area contributed by atoms with Crippen molar-refractivity contribution < 1.29 is 32.3 Å². The number of methoxy groups -OCH3 is 1. The number of aromatic nitrogens is 5. The molecule has 2 aliphatic heterocycles. The Kier molecular flexibility index (Phi) is 10.4. The van der Waals surface area contributed by atoms with E-state index in [2.05, 4.69) is 26.6 Å². The van der Waals surface area contributed by atoms with Crippen LogP contribution in [-0.4, -0.2) is 73.3 Å². The molecule has 3 amide bonds. The van der Waals surface area contributed by atoms with Crippen LogP contribution in [0.3, 0.4) is 0 Å². The van der Waals surface area contributed by atoms with Gasteiger partial charge in [-0.2, -0.15) is 18.3 Å². The summed E-state index contributed by atoms with van der Waals surface area (Å²) in [5.41, 5.74) is 1.95. The number of carbonyl (C=O) groups excluding carboxylic acids is 3. The molecule has 1 atom stereocenters. The van der Waals surface area contributed by atoms with Crippen molar-refractivity contribution in [3.05, 3.63) is 82.2 Å². The first-order valence-electron chi connectivity index (χ1n) is 19.5. The van der Waals surface area contributed by atoms with Crippen molar-refractivity contribution in [2.24, 2.45) is 18.9 Å². The number of pyridine rings is 1. The third-order valence-electron chi connectivity index (χ3n) is 12.0. The van der Waals surface area contributed by atoms with Gasteiger partial charge in [-0.3, -0.25) is 33.5 Å². The van der Waals surface area contributed by atoms with Crippen LogP contribution in [-0.2, 0) is 29.2 Å². The average molecular weight is 787 g/mol. The number of imide groups is 1. The number of halogens is 3. The molecule has 2 aromatic carbocycles. The van der Waals surface area contributed by atoms with Gasteiger partial charge in [-0.25, -0.2) is 9.78 Å². The maximum Gasteiger partial charge on any atom is 0.433 e. The number of aryl methyl sites for hydroxylation is 1. The first-order valence-corrected chi connectivity index (χ1v) is 19.5. The number of likely N-dealkylation sites (tertiary alicyclic amines) is 1. The van der Waals surface area contributed by atoms with E-state index in [0.717, 1.165) is 98.7 Å². The number of carbonyl (C=O) groups is 3. The molecule has 3 fully saturated rings. The van der Waals surface area contributed by atoms with E-state index < -0.39 is 29.7 Å². The Hall–Kier alpha value is -5.51. The first kappa shape index (κ1) is 38.4. The molecule has 0 radical (unpaired) electrons. The summed E-state index contributed by atoms with van der Waals surface area (Å²) in [5.74, 6) is -0.105. The number of nitrogens with zero attached hydrogens (tertiary/aromatic N) is 6. The lowest BCUT2D eigenvalue weighted by Gasteiger charge is -2.36. The molecule has 5 heterocycles. The number of para-hydroxylation sites is 1. The average Bonchev–Trinajstić information content (AvgIpc) is 3.72. The molecule has 0 bridgehead atoms. The van der Waals surface area contributed by atoms with Crippen LogP contribution in [0.15, 0.2) is 59.5 Å². The zero-order valence-corrected chi connectivity index (χ0v) is 31.8. The Labute approximate surface area is 326 Å². The second-order valence-electron chi connectivity index (χ2n) is 15.7. The van der Waals surface area contributed by atoms with Crippen LogP contribution in [0.1, 0.15) is 85.2 Å². The highest BCUT2D eigenvalue weighted by atomic mass is 19.4. The van der Waals surface area contributed by atoms with E-state index in [0.29, 0.717) is 35.2 Å². The number of anilines is 1. The van der Waals surface area contributed by atoms with Gasteiger partial charge in [0.2, 0.25) is 11.8 Å². The molecule has 0 spiro atoms. The highest BCUT2D eigenvalue weighted by Gasteiger charge is 2.34. The fraction of sp³-hybridized carbons (Fsp3) is 0.463. The molecule has 8 rings (SSSR count). The number of benzene rings is 2. The lowest BCUT2D eigenvalue weighted by atomic mass is 9.84. The zero-order chi connectivity index (χ0) is 40.0. The van der Waals surface area contributed by atoms with Gasteiger partial charge in [-0.1, -0.05) is 18.2 Å². The molecular formula is C41H45F3N8O5. The summed E-state index contributed by atoms with van der Waals surface area (Å²) in [5, 5.41) is 10.6. The van der Waals surface area contributed by atoms with Gasteiger partial charge < -0.3 is 15.0 Å². The largest absolute Gasteiger partial charge is 0.494 e. The predicted molar refractivity (Wildman–Crippen MR) is 206 cm³/mol. The molecule has 1 saturated carbocycles. The van der Waals surface area contributed by atoms with E-state index in [4.69, 9.17) is 9.84 Å². The van der Waals surface area contributed by atoms with Crippen molar-refractivity contribution in [2.45, 2.75) is 76.0 Å². The van der Waals surface area contributed by atoms with Crippen LogP contribution >= 0.6 is 0 Å². The molecule has 2 N–H and O–H groups in total. The topological polar surface area (TPSA) is 145 Å². The number of piperidine rings is 2. The quantitative estimate of drug-likeness (QED) is 0.173. The minimum atomic E-state index is -4.67. The van der Waals surface area contributed by atoms with E-state index in [1.54, 1.807) is 28.3 Å². The Morgan fingerprint density at radius 1 is 0.965 bits per heavy atom. The van der Waals surface area contributed by atoms with Crippen molar-refractivity contribution in [1.82, 2.24) is 34.1 Å². The van der Waals surface area contributed by atoms with Crippen LogP contribution in [0.2, 0.25) is 0 Å². The summed E-state index contributed by atoms with van der Waals surface area (Å²) in [7, 11) is 3.21. The van der Waals surface area contributed by atoms with E-state index in [1.807, 2.05) is 23.0 Å². The van der Waals surface area contributed by atoms with Gasteiger partial charge in [0, 0.05) is 37.7 Å². The number of hydrogen-bond donors (Lipinski definition) is 2. The maximum atomic E-state index is 13.4. The fourth-order valence-electron chi connectivity index (χ4n) is 8.99. The van der Waals surface area contributed by atoms with Gasteiger partial charge in [0.1, 0.15) is 23.2 Å². The van der Waals surface area contributed by atoms with Gasteiger partial charge in [0.15, 0.2) is 0 Å². The van der Waals surface area contributed by atoms with Crippen LogP contribution in [0.4, 0.5) is 18.9 Å². The highest BCUT2D eigenvalue weighted by molar-refractivity contribution is 6.05. The van der Waals surface area contributed by atoms with E-state index in [-0.39, 0.29) is 29.8 Å². The molecule has 3 aromatic heterocycles. The number of rotatable bonds is 9. The number of ether oxygens (including phenoxy) is 1. The van der Waals surface area contributed by atoms with Crippen molar-refractivity contribution >= 4 is 45.3 Å². The second-order valence-corrected chi connectivity index (χ2v) is 15.7. The van der Waals surface area contributed by atoms with Crippen molar-refractivity contribution in [3.63, 3.8) is 0 Å². The van der Waals surface area contributed by atoms with Gasteiger partial charge >= 0.3 is 11.9 Å². The summed E-state index contributed by atoms with van der Waals surface area (Å²) in [6.07, 6.45) is 4.91. The minimum absolute atomic E-state index is 0.209. The fourth-order valence-corrected chi connectivity index (χ4v) is 8.99. The van der Waals surface area contributed by atoms with Gasteiger partial charge in [0.05, 0.1) is 35.4 Å². The van der Waals surface area contributed by atoms with Gasteiger partial charge in [0.25, 0.3) is 5.91 Å². The highest BCUT2D eigenvalue weighted by Crippen LogP contribution is 2.37. The van der Waals surface area contributed by atoms with Crippen molar-refractivity contribution in [3.8, 4) is 5.75 Å². The standard InChI is InChI=1S/C41H45F3N8O5/c1-49-37-26(5-3-7-32(37)52(40(49)56)33-13-14-36(53)47-39(33)55)19-24-15-17-50(18-16-24)22-25-9-11-28(12-10-25)51-23-27-20-31(34(57-2)21-30(27)48-51)46-38(54)29-6-4-8-35(45-29)41(42,43)44/h3-8,20-21,23-25,28,33H,9-19,22H2,1-2H3,(H,46,54)(H,47,53,55). The lowest BCUT2D eigenvalue weighted by Crippen LogP contribution is -2.44. The first-order chi connectivity index (χ1) is 27.4. The summed E-state index contributed by atoms with van der Waals surface area (Å²) in [4.78, 5) is 56.8. The van der Waals surface area contributed by atoms with Gasteiger partial charge in [-0.05, 0) is 106 Å². The maximum absolute atomic E-state index is 13.4. The summed E-state index contributed by atoms with van der Waals surface area (Å²) in [6.45, 7) is 3.10. The molecule has 3 aliphatic rings. The van der Waals surface area contributed by atoms with E-state index >= 15 is 0 Å². The summed E-state index contributed by atoms with van der Waals surface area (Å²) < 4.78 is 50.2. The SMILES string of the molecule is COc1cc2nn(C3CCC(CN4CCC(Cc5cccc6c5n(C)c(=O)n6C5CCC(=O)NC5=O)CC4)CC3)cc2cc1NC(=O)c1cccc(C(F)(F)F)n1. The Morgan fingerprint density at radius 2 is 1.72 bits per heavy atom. The summed E-state index contributed by atoms with van der Waals surface area (Å²) in [6, 6.07) is 12.1. The number of amides is 3. The van der Waals surface area contributed by atoms with E-state index in [9.17, 15) is 32.3 Å². The lowest BCUT2D eigenvalue weighted by molar-refractivity contribution is -0.141. The molecule has 1 aliphatic carbocycles. The van der Waals surface area contributed by atoms with Gasteiger partial charge in [-0.15, -0.1) is 0 Å². The number of nitrogens with one attached hydrogen (secondary N) is 2. The molecule has 300 valence electrons. The van der Waals surface area contributed by atoms with Crippen LogP contribution in [0.25, 0.3) is 21.9 Å².